The van der Waals surface area contributed by atoms with Gasteiger partial charge in [-0.15, -0.1) is 6.58 Å². The molecule has 1 atom stereocenters. The lowest BCUT2D eigenvalue weighted by molar-refractivity contribution is -0.125. The van der Waals surface area contributed by atoms with Crippen molar-refractivity contribution in [2.75, 3.05) is 14.2 Å². The van der Waals surface area contributed by atoms with Crippen molar-refractivity contribution in [2.24, 2.45) is 0 Å². The molecular formula is C17H19NO3. The van der Waals surface area contributed by atoms with Gasteiger partial charge in [-0.25, -0.2) is 0 Å². The van der Waals surface area contributed by atoms with Gasteiger partial charge in [-0.2, -0.15) is 5.26 Å². The van der Waals surface area contributed by atoms with Gasteiger partial charge >= 0.3 is 0 Å². The highest BCUT2D eigenvalue weighted by atomic mass is 16.5. The van der Waals surface area contributed by atoms with Crippen molar-refractivity contribution in [3.05, 3.63) is 35.9 Å². The third-order valence-electron chi connectivity index (χ3n) is 4.14. The minimum atomic E-state index is -0.871. The topological polar surface area (TPSA) is 59.3 Å². The van der Waals surface area contributed by atoms with E-state index in [1.165, 1.54) is 0 Å². The Balaban J connectivity index is 2.78. The van der Waals surface area contributed by atoms with Crippen molar-refractivity contribution in [2.45, 2.75) is 31.1 Å². The summed E-state index contributed by atoms with van der Waals surface area (Å²) in [5.41, 5.74) is 0.968. The van der Waals surface area contributed by atoms with Crippen LogP contribution in [-0.4, -0.2) is 20.0 Å². The maximum Gasteiger partial charge on any atom is 0.165 e. The first-order chi connectivity index (χ1) is 10.1. The van der Waals surface area contributed by atoms with Gasteiger partial charge in [0.15, 0.2) is 11.5 Å². The number of nitrogens with zero attached hydrogens (tertiary/aromatic N) is 1. The van der Waals surface area contributed by atoms with Gasteiger partial charge in [0.1, 0.15) is 5.78 Å². The number of hydrogen-bond acceptors (Lipinski definition) is 4. The van der Waals surface area contributed by atoms with Crippen LogP contribution < -0.4 is 9.47 Å². The molecule has 0 fully saturated rings. The van der Waals surface area contributed by atoms with Crippen LogP contribution in [0.4, 0.5) is 0 Å². The van der Waals surface area contributed by atoms with E-state index in [0.29, 0.717) is 30.8 Å². The number of hydrogen-bond donors (Lipinski definition) is 0. The summed E-state index contributed by atoms with van der Waals surface area (Å²) in [6.45, 7) is 3.75. The molecule has 0 aromatic heterocycles. The molecule has 1 aromatic carbocycles. The molecule has 0 N–H and O–H groups in total. The van der Waals surface area contributed by atoms with Crippen molar-refractivity contribution < 1.29 is 14.3 Å². The summed E-state index contributed by atoms with van der Waals surface area (Å²) < 4.78 is 10.9. The summed E-state index contributed by atoms with van der Waals surface area (Å²) in [5.74, 6) is 1.21. The van der Waals surface area contributed by atoms with Crippen LogP contribution in [0.3, 0.4) is 0 Å². The van der Waals surface area contributed by atoms with E-state index in [1.807, 2.05) is 12.1 Å². The van der Waals surface area contributed by atoms with Crippen LogP contribution in [0.5, 0.6) is 11.5 Å². The lowest BCUT2D eigenvalue weighted by atomic mass is 9.65. The van der Waals surface area contributed by atoms with Gasteiger partial charge < -0.3 is 9.47 Å². The van der Waals surface area contributed by atoms with Gasteiger partial charge in [0.05, 0.1) is 32.1 Å². The highest BCUT2D eigenvalue weighted by Crippen LogP contribution is 2.48. The largest absolute Gasteiger partial charge is 0.493 e. The molecule has 0 radical (unpaired) electrons. The first-order valence-electron chi connectivity index (χ1n) is 6.90. The maximum absolute atomic E-state index is 12.6. The molecule has 0 spiro atoms. The fraction of sp³-hybridized carbons (Fsp3) is 0.412. The second-order valence-electron chi connectivity index (χ2n) is 5.17. The zero-order chi connectivity index (χ0) is 15.5. The Hall–Kier alpha value is -2.28. The standard InChI is InChI=1S/C17H19NO3/c1-4-9-17(10-11-18)14(19)8-6-12-5-7-13(20-2)16(21-3)15(12)17/h4-5,7H,1,6,8-10H2,2-3H3/t17-/m1/s1. The van der Waals surface area contributed by atoms with Crippen molar-refractivity contribution in [1.29, 1.82) is 5.26 Å². The second kappa shape index (κ2) is 6.01. The Morgan fingerprint density at radius 3 is 2.71 bits per heavy atom. The van der Waals surface area contributed by atoms with Crippen LogP contribution in [0, 0.1) is 11.3 Å². The van der Waals surface area contributed by atoms with Crippen molar-refractivity contribution in [3.8, 4) is 17.6 Å². The van der Waals surface area contributed by atoms with Gasteiger partial charge in [-0.3, -0.25) is 4.79 Å². The number of methoxy groups -OCH3 is 2. The molecule has 2 rings (SSSR count). The van der Waals surface area contributed by atoms with E-state index in [1.54, 1.807) is 20.3 Å². The van der Waals surface area contributed by atoms with Crippen LogP contribution in [0.2, 0.25) is 0 Å². The minimum absolute atomic E-state index is 0.0722. The van der Waals surface area contributed by atoms with E-state index in [0.717, 1.165) is 11.1 Å². The summed E-state index contributed by atoms with van der Waals surface area (Å²) in [6.07, 6.45) is 3.35. The number of nitriles is 1. The number of rotatable bonds is 5. The number of ether oxygens (including phenoxy) is 2. The normalized spacial score (nSPS) is 20.3. The third kappa shape index (κ3) is 2.29. The minimum Gasteiger partial charge on any atom is -0.493 e. The zero-order valence-electron chi connectivity index (χ0n) is 12.4. The highest BCUT2D eigenvalue weighted by molar-refractivity contribution is 5.94. The van der Waals surface area contributed by atoms with E-state index in [-0.39, 0.29) is 12.2 Å². The summed E-state index contributed by atoms with van der Waals surface area (Å²) in [5, 5.41) is 9.24. The van der Waals surface area contributed by atoms with Gasteiger partial charge in [-0.1, -0.05) is 12.1 Å². The molecule has 21 heavy (non-hydrogen) atoms. The van der Waals surface area contributed by atoms with Gasteiger partial charge in [-0.05, 0) is 24.5 Å². The average Bonchev–Trinajstić information content (AvgIpc) is 2.50. The number of ketones is 1. The van der Waals surface area contributed by atoms with Crippen LogP contribution in [0.1, 0.15) is 30.4 Å². The maximum atomic E-state index is 12.6. The Morgan fingerprint density at radius 1 is 1.38 bits per heavy atom. The predicted molar refractivity (Wildman–Crippen MR) is 79.6 cm³/mol. The summed E-state index contributed by atoms with van der Waals surface area (Å²) >= 11 is 0. The number of aryl methyl sites for hydroxylation is 1. The smallest absolute Gasteiger partial charge is 0.165 e. The summed E-state index contributed by atoms with van der Waals surface area (Å²) in [7, 11) is 3.12. The molecule has 0 amide bonds. The molecule has 110 valence electrons. The Bertz CT molecular complexity index is 615. The summed E-state index contributed by atoms with van der Waals surface area (Å²) in [4.78, 5) is 12.6. The van der Waals surface area contributed by atoms with E-state index in [2.05, 4.69) is 12.6 Å². The molecule has 0 aliphatic heterocycles. The second-order valence-corrected chi connectivity index (χ2v) is 5.17. The van der Waals surface area contributed by atoms with Crippen molar-refractivity contribution >= 4 is 5.78 Å². The first-order valence-corrected chi connectivity index (χ1v) is 6.90. The van der Waals surface area contributed by atoms with E-state index in [4.69, 9.17) is 9.47 Å². The Kier molecular flexibility index (Phi) is 4.32. The molecule has 4 heteroatoms. The molecular weight excluding hydrogens is 266 g/mol. The highest BCUT2D eigenvalue weighted by Gasteiger charge is 2.45. The fourth-order valence-corrected chi connectivity index (χ4v) is 3.18. The number of Topliss-reactive ketones (excluding diaryl/α,β-unsaturated/α-hetero) is 1. The molecule has 0 saturated heterocycles. The first kappa shape index (κ1) is 15.1. The molecule has 4 nitrogen and oxygen atoms in total. The van der Waals surface area contributed by atoms with Crippen molar-refractivity contribution in [3.63, 3.8) is 0 Å². The molecule has 0 saturated carbocycles. The van der Waals surface area contributed by atoms with Gasteiger partial charge in [0.25, 0.3) is 0 Å². The van der Waals surface area contributed by atoms with Crippen molar-refractivity contribution in [1.82, 2.24) is 0 Å². The quantitative estimate of drug-likeness (QED) is 0.780. The molecule has 1 aromatic rings. The van der Waals surface area contributed by atoms with Crippen LogP contribution in [0.15, 0.2) is 24.8 Å². The SMILES string of the molecule is C=CC[C@@]1(CC#N)C(=O)CCc2ccc(OC)c(OC)c21. The van der Waals surface area contributed by atoms with Crippen LogP contribution in [0.25, 0.3) is 0 Å². The Morgan fingerprint density at radius 2 is 2.14 bits per heavy atom. The molecule has 0 heterocycles. The molecule has 0 unspecified atom stereocenters. The average molecular weight is 285 g/mol. The number of fused-ring (bicyclic) bond motifs is 1. The monoisotopic (exact) mass is 285 g/mol. The lowest BCUT2D eigenvalue weighted by Crippen LogP contribution is -2.40. The number of benzene rings is 1. The van der Waals surface area contributed by atoms with Gasteiger partial charge in [0.2, 0.25) is 0 Å². The predicted octanol–water partition coefficient (Wildman–Crippen LogP) is 2.95. The van der Waals surface area contributed by atoms with Crippen LogP contribution in [-0.2, 0) is 16.6 Å². The number of allylic oxidation sites excluding steroid dienone is 1. The molecule has 1 aliphatic carbocycles. The lowest BCUT2D eigenvalue weighted by Gasteiger charge is -2.37. The molecule has 0 bridgehead atoms. The van der Waals surface area contributed by atoms with E-state index < -0.39 is 5.41 Å². The van der Waals surface area contributed by atoms with E-state index in [9.17, 15) is 10.1 Å². The fourth-order valence-electron chi connectivity index (χ4n) is 3.18. The molecule has 1 aliphatic rings. The van der Waals surface area contributed by atoms with E-state index >= 15 is 0 Å². The zero-order valence-corrected chi connectivity index (χ0v) is 12.4. The number of carbonyl (C=O) groups is 1. The summed E-state index contributed by atoms with van der Waals surface area (Å²) in [6, 6.07) is 5.96. The van der Waals surface area contributed by atoms with Gasteiger partial charge in [0, 0.05) is 12.0 Å². The van der Waals surface area contributed by atoms with Crippen LogP contribution >= 0.6 is 0 Å². The Labute approximate surface area is 125 Å². The number of carbonyl (C=O) groups excluding carboxylic acids is 1. The third-order valence-corrected chi connectivity index (χ3v) is 4.14.